The molecule has 3 heterocycles. The van der Waals surface area contributed by atoms with Gasteiger partial charge in [0.05, 0.1) is 10.7 Å². The summed E-state index contributed by atoms with van der Waals surface area (Å²) in [6.45, 7) is 0.882. The molecule has 2 atom stereocenters. The summed E-state index contributed by atoms with van der Waals surface area (Å²) in [6.07, 6.45) is 2.67. The maximum absolute atomic E-state index is 13.1. The first-order valence-electron chi connectivity index (χ1n) is 13.2. The summed E-state index contributed by atoms with van der Waals surface area (Å²) < 4.78 is 11.1. The third kappa shape index (κ3) is 6.48. The highest BCUT2D eigenvalue weighted by molar-refractivity contribution is 7.84. The fourth-order valence-corrected chi connectivity index (χ4v) is 7.23. The van der Waals surface area contributed by atoms with E-state index >= 15 is 0 Å². The molecular formula is C28H28ClN5O5S3. The van der Waals surface area contributed by atoms with Crippen molar-refractivity contribution < 1.29 is 23.7 Å². The molecular weight excluding hydrogens is 618 g/mol. The van der Waals surface area contributed by atoms with Gasteiger partial charge in [-0.3, -0.25) is 18.6 Å². The Morgan fingerprint density at radius 3 is 2.67 bits per heavy atom. The van der Waals surface area contributed by atoms with Gasteiger partial charge in [0.15, 0.2) is 0 Å². The lowest BCUT2D eigenvalue weighted by molar-refractivity contribution is -0.137. The Morgan fingerprint density at radius 2 is 1.90 bits per heavy atom. The highest BCUT2D eigenvalue weighted by Crippen LogP contribution is 2.45. The van der Waals surface area contributed by atoms with Crippen LogP contribution in [0.25, 0.3) is 21.5 Å². The third-order valence-electron chi connectivity index (χ3n) is 6.80. The number of hydrogen-bond donors (Lipinski definition) is 3. The third-order valence-corrected chi connectivity index (χ3v) is 9.81. The summed E-state index contributed by atoms with van der Waals surface area (Å²) >= 11 is 8.95. The standard InChI is InChI=1S/C28H28ClN5O5S3/c1-42(39)10-4-8-30-25(36)19-14-41-27(33-19)20-15-40-23(32-20)7-9-31-26(37)28(38)34-13-16(12-29)24-18-6-3-2-5-17(18)22(35)11-21(24)34/h2-3,5-6,11,14-16,35H,4,7-10,12-13H2,1H3,(H,30,36)(H,31,37). The van der Waals surface area contributed by atoms with Gasteiger partial charge in [-0.15, -0.1) is 34.3 Å². The van der Waals surface area contributed by atoms with Gasteiger partial charge in [-0.1, -0.05) is 24.3 Å². The summed E-state index contributed by atoms with van der Waals surface area (Å²) in [5, 5.41) is 22.4. The number of aromatic nitrogens is 2. The highest BCUT2D eigenvalue weighted by Gasteiger charge is 2.36. The molecule has 2 unspecified atom stereocenters. The molecule has 0 bridgehead atoms. The Labute approximate surface area is 257 Å². The van der Waals surface area contributed by atoms with Gasteiger partial charge in [-0.2, -0.15) is 0 Å². The first kappa shape index (κ1) is 30.1. The average Bonchev–Trinajstić information content (AvgIpc) is 3.73. The van der Waals surface area contributed by atoms with Crippen molar-refractivity contribution in [2.45, 2.75) is 18.8 Å². The second-order valence-electron chi connectivity index (χ2n) is 9.70. The molecule has 0 fully saturated rings. The minimum Gasteiger partial charge on any atom is -0.507 e. The van der Waals surface area contributed by atoms with E-state index in [4.69, 9.17) is 11.6 Å². The van der Waals surface area contributed by atoms with Crippen LogP contribution in [-0.2, 0) is 26.8 Å². The van der Waals surface area contributed by atoms with E-state index in [1.54, 1.807) is 11.6 Å². The molecule has 2 aromatic heterocycles. The van der Waals surface area contributed by atoms with E-state index in [0.29, 0.717) is 52.6 Å². The van der Waals surface area contributed by atoms with Crippen molar-refractivity contribution in [2.75, 3.05) is 42.4 Å². The van der Waals surface area contributed by atoms with E-state index < -0.39 is 22.6 Å². The van der Waals surface area contributed by atoms with Crippen molar-refractivity contribution in [1.29, 1.82) is 0 Å². The maximum atomic E-state index is 13.1. The maximum Gasteiger partial charge on any atom is 0.316 e. The van der Waals surface area contributed by atoms with Crippen LogP contribution in [0.2, 0.25) is 0 Å². The van der Waals surface area contributed by atoms with Crippen LogP contribution in [0.1, 0.15) is 33.4 Å². The molecule has 3 amide bonds. The van der Waals surface area contributed by atoms with Gasteiger partial charge in [-0.05, 0) is 17.4 Å². The summed E-state index contributed by atoms with van der Waals surface area (Å²) in [4.78, 5) is 48.6. The molecule has 220 valence electrons. The van der Waals surface area contributed by atoms with Crippen molar-refractivity contribution in [2.24, 2.45) is 0 Å². The average molecular weight is 646 g/mol. The molecule has 42 heavy (non-hydrogen) atoms. The van der Waals surface area contributed by atoms with Gasteiger partial charge in [0.25, 0.3) is 5.91 Å². The molecule has 1 aliphatic rings. The zero-order chi connectivity index (χ0) is 29.8. The number of benzene rings is 2. The molecule has 0 radical (unpaired) electrons. The Hall–Kier alpha value is -3.39. The number of rotatable bonds is 10. The lowest BCUT2D eigenvalue weighted by atomic mass is 9.95. The smallest absolute Gasteiger partial charge is 0.316 e. The number of hydrogen-bond acceptors (Lipinski definition) is 9. The van der Waals surface area contributed by atoms with Crippen LogP contribution in [0.3, 0.4) is 0 Å². The van der Waals surface area contributed by atoms with Gasteiger partial charge < -0.3 is 20.6 Å². The number of aromatic hydroxyl groups is 1. The first-order valence-corrected chi connectivity index (χ1v) is 17.2. The van der Waals surface area contributed by atoms with Crippen LogP contribution in [0.15, 0.2) is 41.1 Å². The van der Waals surface area contributed by atoms with Gasteiger partial charge in [0, 0.05) is 82.9 Å². The molecule has 4 aromatic rings. The second kappa shape index (κ2) is 13.3. The van der Waals surface area contributed by atoms with Crippen LogP contribution in [0.4, 0.5) is 5.69 Å². The van der Waals surface area contributed by atoms with Crippen LogP contribution in [-0.4, -0.2) is 74.5 Å². The highest BCUT2D eigenvalue weighted by atomic mass is 35.5. The molecule has 5 rings (SSSR count). The van der Waals surface area contributed by atoms with E-state index in [2.05, 4.69) is 20.6 Å². The van der Waals surface area contributed by atoms with Gasteiger partial charge >= 0.3 is 11.8 Å². The number of carbonyl (C=O) groups excluding carboxylic acids is 3. The summed E-state index contributed by atoms with van der Waals surface area (Å²) in [6, 6.07) is 8.90. The van der Waals surface area contributed by atoms with E-state index in [9.17, 15) is 23.7 Å². The fraction of sp³-hybridized carbons (Fsp3) is 0.321. The van der Waals surface area contributed by atoms with Crippen LogP contribution >= 0.6 is 34.3 Å². The Morgan fingerprint density at radius 1 is 1.12 bits per heavy atom. The number of halogens is 1. The predicted octanol–water partition coefficient (Wildman–Crippen LogP) is 3.65. The van der Waals surface area contributed by atoms with Crippen molar-refractivity contribution in [1.82, 2.24) is 20.6 Å². The number of phenols is 1. The molecule has 2 aromatic carbocycles. The monoisotopic (exact) mass is 645 g/mol. The minimum absolute atomic E-state index is 0.0380. The molecule has 10 nitrogen and oxygen atoms in total. The van der Waals surface area contributed by atoms with Crippen LogP contribution in [0, 0.1) is 0 Å². The number of anilines is 1. The Bertz CT molecular complexity index is 1670. The number of alkyl halides is 1. The Balaban J connectivity index is 1.16. The van der Waals surface area contributed by atoms with Gasteiger partial charge in [0.1, 0.15) is 22.1 Å². The van der Waals surface area contributed by atoms with Gasteiger partial charge in [0.2, 0.25) is 0 Å². The lowest BCUT2D eigenvalue weighted by Crippen LogP contribution is -2.43. The molecule has 0 spiro atoms. The number of nitrogens with zero attached hydrogens (tertiary/aromatic N) is 3. The largest absolute Gasteiger partial charge is 0.507 e. The lowest BCUT2D eigenvalue weighted by Gasteiger charge is -2.17. The van der Waals surface area contributed by atoms with Gasteiger partial charge in [-0.25, -0.2) is 9.97 Å². The summed E-state index contributed by atoms with van der Waals surface area (Å²) in [5.41, 5.74) is 2.28. The summed E-state index contributed by atoms with van der Waals surface area (Å²) in [5.74, 6) is -1.08. The molecule has 3 N–H and O–H groups in total. The molecule has 0 aliphatic carbocycles. The number of carbonyl (C=O) groups is 3. The molecule has 0 saturated heterocycles. The Kier molecular flexibility index (Phi) is 9.51. The SMILES string of the molecule is CS(=O)CCCNC(=O)c1csc(-c2csc(CCNC(=O)C(=O)N3CC(CCl)c4c3cc(O)c3ccccc43)n2)n1. The topological polar surface area (TPSA) is 142 Å². The minimum atomic E-state index is -0.894. The van der Waals surface area contributed by atoms with Crippen molar-refractivity contribution in [3.8, 4) is 16.5 Å². The predicted molar refractivity (Wildman–Crippen MR) is 167 cm³/mol. The second-order valence-corrected chi connectivity index (χ2v) is 13.4. The number of fused-ring (bicyclic) bond motifs is 3. The van der Waals surface area contributed by atoms with E-state index in [0.717, 1.165) is 16.0 Å². The van der Waals surface area contributed by atoms with Crippen molar-refractivity contribution >= 4 is 79.3 Å². The van der Waals surface area contributed by atoms with Crippen LogP contribution < -0.4 is 15.5 Å². The molecule has 1 aliphatic heterocycles. The van der Waals surface area contributed by atoms with Crippen molar-refractivity contribution in [3.05, 3.63) is 57.4 Å². The zero-order valence-electron chi connectivity index (χ0n) is 22.6. The first-order chi connectivity index (χ1) is 20.3. The summed E-state index contributed by atoms with van der Waals surface area (Å²) in [7, 11) is -0.894. The number of nitrogens with one attached hydrogen (secondary N) is 2. The molecule has 14 heteroatoms. The number of thiazole rings is 2. The normalized spacial score (nSPS) is 15.0. The number of amides is 3. The zero-order valence-corrected chi connectivity index (χ0v) is 25.8. The quantitative estimate of drug-likeness (QED) is 0.136. The van der Waals surface area contributed by atoms with Crippen molar-refractivity contribution in [3.63, 3.8) is 0 Å². The fourth-order valence-electron chi connectivity index (χ4n) is 4.81. The van der Waals surface area contributed by atoms with E-state index in [1.807, 2.05) is 29.6 Å². The van der Waals surface area contributed by atoms with E-state index in [-0.39, 0.29) is 36.5 Å². The van der Waals surface area contributed by atoms with E-state index in [1.165, 1.54) is 33.6 Å². The number of phenolic OH excluding ortho intramolecular Hbond substituents is 1. The molecule has 0 saturated carbocycles. The van der Waals surface area contributed by atoms with Crippen LogP contribution in [0.5, 0.6) is 5.75 Å².